The molecule has 23 heavy (non-hydrogen) atoms. The fourth-order valence-electron chi connectivity index (χ4n) is 2.21. The third kappa shape index (κ3) is 5.23. The summed E-state index contributed by atoms with van der Waals surface area (Å²) in [6.07, 6.45) is -0.503. The van der Waals surface area contributed by atoms with Gasteiger partial charge in [-0.3, -0.25) is 5.32 Å². The Hall–Kier alpha value is -1.57. The second kappa shape index (κ2) is 7.33. The fourth-order valence-corrected chi connectivity index (χ4v) is 2.21. The summed E-state index contributed by atoms with van der Waals surface area (Å²) in [7, 11) is 0. The molecule has 1 aliphatic heterocycles. The molecule has 0 amide bonds. The van der Waals surface area contributed by atoms with Gasteiger partial charge in [0, 0.05) is 12.6 Å². The first kappa shape index (κ1) is 17.8. The first-order valence-electron chi connectivity index (χ1n) is 7.61. The van der Waals surface area contributed by atoms with Gasteiger partial charge in [0.05, 0.1) is 12.2 Å². The highest BCUT2D eigenvalue weighted by Crippen LogP contribution is 2.29. The van der Waals surface area contributed by atoms with Crippen molar-refractivity contribution in [2.45, 2.75) is 51.7 Å². The molecule has 0 bridgehead atoms. The standard InChI is InChI=1S/C16H23FN2O4/c1-10(22-13-7-11(17)5-6-12(13)19-20)8-18-15-14(9-21-15)23-16(2,3)4/h5-7,10,14-15,18H,8-9H2,1-4H3. The van der Waals surface area contributed by atoms with Gasteiger partial charge in [0.15, 0.2) is 5.75 Å². The van der Waals surface area contributed by atoms with Crippen LogP contribution in [0.25, 0.3) is 0 Å². The van der Waals surface area contributed by atoms with Crippen molar-refractivity contribution in [3.63, 3.8) is 0 Å². The van der Waals surface area contributed by atoms with E-state index in [9.17, 15) is 9.30 Å². The Balaban J connectivity index is 1.83. The molecule has 0 radical (unpaired) electrons. The summed E-state index contributed by atoms with van der Waals surface area (Å²) < 4.78 is 30.1. The second-order valence-corrected chi connectivity index (χ2v) is 6.56. The molecule has 1 saturated heterocycles. The minimum atomic E-state index is -0.478. The van der Waals surface area contributed by atoms with E-state index in [4.69, 9.17) is 14.2 Å². The number of benzene rings is 1. The lowest BCUT2D eigenvalue weighted by Gasteiger charge is -2.41. The number of hydrogen-bond donors (Lipinski definition) is 1. The van der Waals surface area contributed by atoms with Crippen LogP contribution in [0.2, 0.25) is 0 Å². The Morgan fingerprint density at radius 1 is 1.48 bits per heavy atom. The van der Waals surface area contributed by atoms with Crippen LogP contribution in [-0.2, 0) is 9.47 Å². The van der Waals surface area contributed by atoms with Gasteiger partial charge in [0.25, 0.3) is 0 Å². The normalized spacial score (nSPS) is 22.3. The largest absolute Gasteiger partial charge is 0.487 e. The molecule has 3 atom stereocenters. The van der Waals surface area contributed by atoms with E-state index in [-0.39, 0.29) is 35.5 Å². The Morgan fingerprint density at radius 2 is 2.22 bits per heavy atom. The van der Waals surface area contributed by atoms with Crippen LogP contribution in [0.15, 0.2) is 23.4 Å². The van der Waals surface area contributed by atoms with Gasteiger partial charge in [-0.2, -0.15) is 0 Å². The molecule has 1 aromatic rings. The number of nitroso groups, excluding NO2 is 1. The maximum absolute atomic E-state index is 13.2. The van der Waals surface area contributed by atoms with Crippen LogP contribution < -0.4 is 10.1 Å². The van der Waals surface area contributed by atoms with Crippen LogP contribution in [-0.4, -0.2) is 37.2 Å². The SMILES string of the molecule is CC(CNC1OCC1OC(C)(C)C)Oc1cc(F)ccc1N=O. The molecular weight excluding hydrogens is 303 g/mol. The lowest BCUT2D eigenvalue weighted by Crippen LogP contribution is -2.58. The molecular formula is C16H23FN2O4. The lowest BCUT2D eigenvalue weighted by molar-refractivity contribution is -0.233. The summed E-state index contributed by atoms with van der Waals surface area (Å²) in [4.78, 5) is 10.7. The highest BCUT2D eigenvalue weighted by molar-refractivity contribution is 5.51. The van der Waals surface area contributed by atoms with E-state index in [0.29, 0.717) is 13.2 Å². The predicted molar refractivity (Wildman–Crippen MR) is 84.3 cm³/mol. The number of hydrogen-bond acceptors (Lipinski definition) is 6. The highest BCUT2D eigenvalue weighted by Gasteiger charge is 2.36. The fraction of sp³-hybridized carbons (Fsp3) is 0.625. The minimum absolute atomic E-state index is 0.0106. The molecule has 1 heterocycles. The molecule has 0 aliphatic carbocycles. The monoisotopic (exact) mass is 326 g/mol. The van der Waals surface area contributed by atoms with Crippen LogP contribution in [0.1, 0.15) is 27.7 Å². The molecule has 3 unspecified atom stereocenters. The van der Waals surface area contributed by atoms with Crippen LogP contribution in [0, 0.1) is 10.7 Å². The molecule has 2 rings (SSSR count). The van der Waals surface area contributed by atoms with Crippen LogP contribution in [0.4, 0.5) is 10.1 Å². The van der Waals surface area contributed by atoms with Crippen LogP contribution in [0.3, 0.4) is 0 Å². The molecule has 128 valence electrons. The van der Waals surface area contributed by atoms with Crippen LogP contribution >= 0.6 is 0 Å². The zero-order valence-corrected chi connectivity index (χ0v) is 13.8. The highest BCUT2D eigenvalue weighted by atomic mass is 19.1. The molecule has 7 heteroatoms. The lowest BCUT2D eigenvalue weighted by atomic mass is 10.1. The summed E-state index contributed by atoms with van der Waals surface area (Å²) in [6, 6.07) is 3.61. The van der Waals surface area contributed by atoms with E-state index >= 15 is 0 Å². The van der Waals surface area contributed by atoms with Crippen molar-refractivity contribution in [3.05, 3.63) is 28.9 Å². The molecule has 1 fully saturated rings. The molecule has 0 spiro atoms. The van der Waals surface area contributed by atoms with Gasteiger partial charge in [-0.05, 0) is 45.0 Å². The number of nitrogens with one attached hydrogen (secondary N) is 1. The van der Waals surface area contributed by atoms with Gasteiger partial charge in [0.2, 0.25) is 0 Å². The number of nitrogens with zero attached hydrogens (tertiary/aromatic N) is 1. The average Bonchev–Trinajstić information content (AvgIpc) is 2.43. The van der Waals surface area contributed by atoms with Crippen molar-refractivity contribution in [1.82, 2.24) is 5.32 Å². The Bertz CT molecular complexity index is 547. The van der Waals surface area contributed by atoms with E-state index in [1.807, 2.05) is 27.7 Å². The van der Waals surface area contributed by atoms with E-state index in [1.165, 1.54) is 12.1 Å². The average molecular weight is 326 g/mol. The zero-order valence-electron chi connectivity index (χ0n) is 13.8. The summed E-state index contributed by atoms with van der Waals surface area (Å²) in [6.45, 7) is 8.80. The van der Waals surface area contributed by atoms with Gasteiger partial charge in [-0.25, -0.2) is 4.39 Å². The van der Waals surface area contributed by atoms with Gasteiger partial charge in [0.1, 0.15) is 29.9 Å². The number of ether oxygens (including phenoxy) is 3. The molecule has 6 nitrogen and oxygen atoms in total. The summed E-state index contributed by atoms with van der Waals surface area (Å²) in [5, 5.41) is 6.02. The maximum atomic E-state index is 13.2. The minimum Gasteiger partial charge on any atom is -0.487 e. The van der Waals surface area contributed by atoms with Gasteiger partial charge < -0.3 is 14.2 Å². The Morgan fingerprint density at radius 3 is 2.78 bits per heavy atom. The molecule has 1 aliphatic rings. The van der Waals surface area contributed by atoms with Crippen molar-refractivity contribution >= 4 is 5.69 Å². The van der Waals surface area contributed by atoms with E-state index in [2.05, 4.69) is 10.5 Å². The van der Waals surface area contributed by atoms with Gasteiger partial charge >= 0.3 is 0 Å². The first-order chi connectivity index (χ1) is 10.8. The third-order valence-electron chi connectivity index (χ3n) is 3.24. The van der Waals surface area contributed by atoms with E-state index in [0.717, 1.165) is 6.07 Å². The summed E-state index contributed by atoms with van der Waals surface area (Å²) in [5.41, 5.74) is -0.158. The second-order valence-electron chi connectivity index (χ2n) is 6.56. The van der Waals surface area contributed by atoms with Crippen molar-refractivity contribution in [2.24, 2.45) is 5.18 Å². The molecule has 0 aromatic heterocycles. The Kier molecular flexibility index (Phi) is 5.67. The number of halogens is 1. The first-order valence-corrected chi connectivity index (χ1v) is 7.61. The van der Waals surface area contributed by atoms with E-state index < -0.39 is 5.82 Å². The Labute approximate surface area is 135 Å². The topological polar surface area (TPSA) is 69.2 Å². The quantitative estimate of drug-likeness (QED) is 0.780. The van der Waals surface area contributed by atoms with Gasteiger partial charge in [-0.15, -0.1) is 4.91 Å². The number of rotatable bonds is 7. The summed E-state index contributed by atoms with van der Waals surface area (Å²) >= 11 is 0. The van der Waals surface area contributed by atoms with Crippen molar-refractivity contribution < 1.29 is 18.6 Å². The van der Waals surface area contributed by atoms with Crippen molar-refractivity contribution in [1.29, 1.82) is 0 Å². The zero-order chi connectivity index (χ0) is 17.0. The predicted octanol–water partition coefficient (Wildman–Crippen LogP) is 3.12. The molecule has 1 aromatic carbocycles. The van der Waals surface area contributed by atoms with Gasteiger partial charge in [-0.1, -0.05) is 0 Å². The third-order valence-corrected chi connectivity index (χ3v) is 3.24. The van der Waals surface area contributed by atoms with Crippen molar-refractivity contribution in [3.8, 4) is 5.75 Å². The molecule has 1 N–H and O–H groups in total. The maximum Gasteiger partial charge on any atom is 0.151 e. The van der Waals surface area contributed by atoms with E-state index in [1.54, 1.807) is 0 Å². The van der Waals surface area contributed by atoms with Crippen LogP contribution in [0.5, 0.6) is 5.75 Å². The summed E-state index contributed by atoms with van der Waals surface area (Å²) in [5.74, 6) is -0.347. The molecule has 0 saturated carbocycles. The van der Waals surface area contributed by atoms with Crippen molar-refractivity contribution in [2.75, 3.05) is 13.2 Å². The smallest absolute Gasteiger partial charge is 0.151 e.